The fraction of sp³-hybridized carbons (Fsp3) is 0.625. The van der Waals surface area contributed by atoms with Crippen molar-refractivity contribution >= 4 is 15.7 Å². The lowest BCUT2D eigenvalue weighted by molar-refractivity contribution is 0.589. The first-order valence-corrected chi connectivity index (χ1v) is 6.45. The molecule has 0 saturated heterocycles. The maximum absolute atomic E-state index is 11.4. The molecule has 0 aromatic carbocycles. The third-order valence-corrected chi connectivity index (χ3v) is 4.20. The molecule has 2 heterocycles. The predicted octanol–water partition coefficient (Wildman–Crippen LogP) is 0.229. The van der Waals surface area contributed by atoms with Gasteiger partial charge in [-0.15, -0.1) is 0 Å². The van der Waals surface area contributed by atoms with Crippen molar-refractivity contribution in [2.75, 3.05) is 5.73 Å². The smallest absolute Gasteiger partial charge is 0.160 e. The second-order valence-corrected chi connectivity index (χ2v) is 6.08. The summed E-state index contributed by atoms with van der Waals surface area (Å²) in [7, 11) is -2.95. The van der Waals surface area contributed by atoms with Crippen LogP contribution in [0.25, 0.3) is 0 Å². The maximum Gasteiger partial charge on any atom is 0.160 e. The molecular formula is C8H11N3O2S. The summed E-state index contributed by atoms with van der Waals surface area (Å²) < 4.78 is 24.6. The van der Waals surface area contributed by atoms with Gasteiger partial charge in [0, 0.05) is 5.56 Å². The number of anilines is 1. The number of nitrogens with zero attached hydrogens (tertiary/aromatic N) is 2. The van der Waals surface area contributed by atoms with Gasteiger partial charge in [-0.1, -0.05) is 0 Å². The van der Waals surface area contributed by atoms with Gasteiger partial charge in [0.1, 0.15) is 5.82 Å². The van der Waals surface area contributed by atoms with Crippen molar-refractivity contribution in [3.05, 3.63) is 11.3 Å². The van der Waals surface area contributed by atoms with Crippen LogP contribution in [0.5, 0.6) is 0 Å². The molecule has 0 radical (unpaired) electrons. The van der Waals surface area contributed by atoms with Crippen LogP contribution < -0.4 is 5.73 Å². The van der Waals surface area contributed by atoms with Crippen molar-refractivity contribution in [2.24, 2.45) is 0 Å². The lowest BCUT2D eigenvalue weighted by Crippen LogP contribution is -2.06. The van der Waals surface area contributed by atoms with Gasteiger partial charge in [-0.25, -0.2) is 8.42 Å². The van der Waals surface area contributed by atoms with Gasteiger partial charge in [0.2, 0.25) is 0 Å². The lowest BCUT2D eigenvalue weighted by atomic mass is 10.3. The molecule has 1 aromatic rings. The number of nitrogens with two attached hydrogens (primary N) is 1. The molecule has 0 spiro atoms. The zero-order valence-electron chi connectivity index (χ0n) is 7.60. The van der Waals surface area contributed by atoms with Crippen molar-refractivity contribution in [2.45, 2.75) is 30.4 Å². The van der Waals surface area contributed by atoms with Gasteiger partial charge in [0.15, 0.2) is 9.84 Å². The highest BCUT2D eigenvalue weighted by Gasteiger charge is 2.36. The molecule has 1 saturated carbocycles. The van der Waals surface area contributed by atoms with Gasteiger partial charge in [0.05, 0.1) is 23.2 Å². The van der Waals surface area contributed by atoms with Gasteiger partial charge in [-0.3, -0.25) is 4.68 Å². The highest BCUT2D eigenvalue weighted by atomic mass is 32.2. The third kappa shape index (κ3) is 1.06. The summed E-state index contributed by atoms with van der Waals surface area (Å²) >= 11 is 0. The van der Waals surface area contributed by atoms with E-state index in [1.807, 2.05) is 4.68 Å². The van der Waals surface area contributed by atoms with Gasteiger partial charge in [-0.2, -0.15) is 5.10 Å². The normalized spacial score (nSPS) is 23.7. The Morgan fingerprint density at radius 3 is 2.71 bits per heavy atom. The van der Waals surface area contributed by atoms with E-state index in [1.165, 1.54) is 0 Å². The van der Waals surface area contributed by atoms with Crippen LogP contribution in [0.2, 0.25) is 0 Å². The summed E-state index contributed by atoms with van der Waals surface area (Å²) in [6, 6.07) is 0.398. The van der Waals surface area contributed by atoms with Crippen LogP contribution in [0.3, 0.4) is 0 Å². The fourth-order valence-corrected chi connectivity index (χ4v) is 3.51. The summed E-state index contributed by atoms with van der Waals surface area (Å²) in [5.74, 6) is 0.581. The van der Waals surface area contributed by atoms with E-state index in [9.17, 15) is 8.42 Å². The number of hydrogen-bond donors (Lipinski definition) is 1. The Balaban J connectivity index is 2.16. The Morgan fingerprint density at radius 2 is 2.07 bits per heavy atom. The molecular weight excluding hydrogens is 202 g/mol. The minimum Gasteiger partial charge on any atom is -0.382 e. The maximum atomic E-state index is 11.4. The standard InChI is InChI=1S/C8H11N3O2S/c9-8-6-3-14(12,13)4-7(6)11(10-8)5-1-2-5/h5H,1-4H2,(H2,9,10). The Bertz CT molecular complexity index is 499. The second-order valence-electron chi connectivity index (χ2n) is 4.02. The summed E-state index contributed by atoms with van der Waals surface area (Å²) in [6.45, 7) is 0. The summed E-state index contributed by atoms with van der Waals surface area (Å²) in [4.78, 5) is 0. The van der Waals surface area contributed by atoms with Crippen LogP contribution in [0.4, 0.5) is 5.82 Å². The van der Waals surface area contributed by atoms with E-state index in [2.05, 4.69) is 5.10 Å². The van der Waals surface area contributed by atoms with Gasteiger partial charge in [-0.05, 0) is 12.8 Å². The number of sulfone groups is 1. The molecule has 0 atom stereocenters. The predicted molar refractivity (Wildman–Crippen MR) is 51.2 cm³/mol. The summed E-state index contributed by atoms with van der Waals surface area (Å²) in [5.41, 5.74) is 7.24. The molecule has 0 unspecified atom stereocenters. The molecule has 3 rings (SSSR count). The molecule has 1 aliphatic carbocycles. The van der Waals surface area contributed by atoms with Crippen molar-refractivity contribution in [1.29, 1.82) is 0 Å². The van der Waals surface area contributed by atoms with Crippen molar-refractivity contribution in [1.82, 2.24) is 9.78 Å². The highest BCUT2D eigenvalue weighted by molar-refractivity contribution is 7.90. The highest BCUT2D eigenvalue weighted by Crippen LogP contribution is 2.40. The molecule has 5 nitrogen and oxygen atoms in total. The Kier molecular flexibility index (Phi) is 1.36. The van der Waals surface area contributed by atoms with E-state index in [4.69, 9.17) is 5.73 Å². The number of nitrogen functional groups attached to an aromatic ring is 1. The van der Waals surface area contributed by atoms with Crippen molar-refractivity contribution < 1.29 is 8.42 Å². The van der Waals surface area contributed by atoms with Gasteiger partial charge < -0.3 is 5.73 Å². The average molecular weight is 213 g/mol. The number of hydrogen-bond acceptors (Lipinski definition) is 4. The third-order valence-electron chi connectivity index (χ3n) is 2.76. The molecule has 1 fully saturated rings. The van der Waals surface area contributed by atoms with Crippen molar-refractivity contribution in [3.8, 4) is 0 Å². The zero-order chi connectivity index (χ0) is 9.92. The summed E-state index contributed by atoms with van der Waals surface area (Å²) in [6.07, 6.45) is 2.18. The Labute approximate surface area is 81.8 Å². The largest absolute Gasteiger partial charge is 0.382 e. The summed E-state index contributed by atoms with van der Waals surface area (Å²) in [5, 5.41) is 4.19. The lowest BCUT2D eigenvalue weighted by Gasteiger charge is -2.00. The van der Waals surface area contributed by atoms with E-state index in [0.717, 1.165) is 24.1 Å². The molecule has 2 N–H and O–H groups in total. The molecule has 0 amide bonds. The molecule has 2 aliphatic rings. The molecule has 0 bridgehead atoms. The number of aromatic nitrogens is 2. The van der Waals surface area contributed by atoms with Crippen LogP contribution in [0, 0.1) is 0 Å². The minimum absolute atomic E-state index is 0.0703. The number of rotatable bonds is 1. The zero-order valence-corrected chi connectivity index (χ0v) is 8.42. The number of fused-ring (bicyclic) bond motifs is 1. The van der Waals surface area contributed by atoms with Crippen LogP contribution >= 0.6 is 0 Å². The fourth-order valence-electron chi connectivity index (χ4n) is 1.93. The first kappa shape index (κ1) is 8.28. The molecule has 1 aromatic heterocycles. The first-order chi connectivity index (χ1) is 6.57. The minimum atomic E-state index is -2.95. The van der Waals surface area contributed by atoms with Crippen molar-refractivity contribution in [3.63, 3.8) is 0 Å². The van der Waals surface area contributed by atoms with E-state index in [0.29, 0.717) is 11.9 Å². The van der Waals surface area contributed by atoms with E-state index < -0.39 is 9.84 Å². The Hall–Kier alpha value is -1.04. The van der Waals surface area contributed by atoms with E-state index in [1.54, 1.807) is 0 Å². The van der Waals surface area contributed by atoms with Crippen LogP contribution in [0.1, 0.15) is 30.1 Å². The van der Waals surface area contributed by atoms with Gasteiger partial charge >= 0.3 is 0 Å². The van der Waals surface area contributed by atoms with Crippen LogP contribution in [-0.4, -0.2) is 18.2 Å². The average Bonchev–Trinajstić information content (AvgIpc) is 2.80. The second kappa shape index (κ2) is 2.31. The van der Waals surface area contributed by atoms with E-state index >= 15 is 0 Å². The molecule has 76 valence electrons. The topological polar surface area (TPSA) is 78.0 Å². The van der Waals surface area contributed by atoms with Gasteiger partial charge in [0.25, 0.3) is 0 Å². The first-order valence-electron chi connectivity index (χ1n) is 4.63. The van der Waals surface area contributed by atoms with Crippen LogP contribution in [-0.2, 0) is 21.3 Å². The van der Waals surface area contributed by atoms with Crippen LogP contribution in [0.15, 0.2) is 0 Å². The monoisotopic (exact) mass is 213 g/mol. The molecule has 6 heteroatoms. The van der Waals surface area contributed by atoms with E-state index in [-0.39, 0.29) is 11.5 Å². The Morgan fingerprint density at radius 1 is 1.36 bits per heavy atom. The quantitative estimate of drug-likeness (QED) is 0.724. The molecule has 1 aliphatic heterocycles. The molecule has 14 heavy (non-hydrogen) atoms. The SMILES string of the molecule is Nc1nn(C2CC2)c2c1CS(=O)(=O)C2.